The first-order valence-electron chi connectivity index (χ1n) is 5.52. The molecule has 2 rings (SSSR count). The van der Waals surface area contributed by atoms with Crippen molar-refractivity contribution >= 4 is 40.2 Å². The van der Waals surface area contributed by atoms with Crippen LogP contribution < -0.4 is 0 Å². The minimum Gasteiger partial charge on any atom is -0.465 e. The van der Waals surface area contributed by atoms with E-state index >= 15 is 0 Å². The molecule has 0 aliphatic heterocycles. The number of rotatable bonds is 2. The van der Waals surface area contributed by atoms with Crippen molar-refractivity contribution in [3.05, 3.63) is 50.2 Å². The highest BCUT2D eigenvalue weighted by molar-refractivity contribution is 14.1. The first kappa shape index (κ1) is 14.3. The van der Waals surface area contributed by atoms with Crippen molar-refractivity contribution in [2.75, 3.05) is 7.11 Å². The average Bonchev–Trinajstić information content (AvgIpc) is 2.37. The van der Waals surface area contributed by atoms with Gasteiger partial charge < -0.3 is 4.74 Å². The summed E-state index contributed by atoms with van der Waals surface area (Å²) >= 11 is 8.35. The van der Waals surface area contributed by atoms with Crippen LogP contribution in [0.2, 0.25) is 5.02 Å². The minimum absolute atomic E-state index is 0.372. The summed E-state index contributed by atoms with van der Waals surface area (Å²) in [5, 5.41) is 0.567. The maximum atomic E-state index is 11.6. The normalized spacial score (nSPS) is 10.3. The smallest absolute Gasteiger partial charge is 0.337 e. The van der Waals surface area contributed by atoms with Crippen LogP contribution >= 0.6 is 34.2 Å². The molecule has 0 fully saturated rings. The zero-order valence-electron chi connectivity index (χ0n) is 10.4. The Morgan fingerprint density at radius 1 is 1.32 bits per heavy atom. The standard InChI is InChI=1S/C14H11ClINO2/c1-8-3-12(15)13(17-7-8)9-4-10(14(18)19-2)6-11(16)5-9/h3-7H,1-2H3. The SMILES string of the molecule is COC(=O)c1cc(I)cc(-c2ncc(C)cc2Cl)c1. The molecule has 1 aromatic heterocycles. The van der Waals surface area contributed by atoms with Gasteiger partial charge in [0.25, 0.3) is 0 Å². The number of nitrogens with zero attached hydrogens (tertiary/aromatic N) is 1. The minimum atomic E-state index is -0.372. The lowest BCUT2D eigenvalue weighted by molar-refractivity contribution is 0.0600. The van der Waals surface area contributed by atoms with Crippen LogP contribution in [0, 0.1) is 10.5 Å². The van der Waals surface area contributed by atoms with Crippen LogP contribution in [-0.2, 0) is 4.74 Å². The van der Waals surface area contributed by atoms with Crippen LogP contribution in [0.4, 0.5) is 0 Å². The van der Waals surface area contributed by atoms with Crippen LogP contribution in [-0.4, -0.2) is 18.1 Å². The molecule has 0 atom stereocenters. The highest BCUT2D eigenvalue weighted by Gasteiger charge is 2.12. The summed E-state index contributed by atoms with van der Waals surface area (Å²) in [5.74, 6) is -0.372. The molecule has 0 saturated heterocycles. The molecule has 0 aliphatic rings. The van der Waals surface area contributed by atoms with E-state index in [2.05, 4.69) is 27.6 Å². The quantitative estimate of drug-likeness (QED) is 0.575. The molecule has 0 aliphatic carbocycles. The van der Waals surface area contributed by atoms with Crippen LogP contribution in [0.5, 0.6) is 0 Å². The number of aromatic nitrogens is 1. The van der Waals surface area contributed by atoms with Gasteiger partial charge in [0, 0.05) is 15.3 Å². The lowest BCUT2D eigenvalue weighted by atomic mass is 10.1. The third kappa shape index (κ3) is 3.25. The summed E-state index contributed by atoms with van der Waals surface area (Å²) in [7, 11) is 1.36. The summed E-state index contributed by atoms with van der Waals surface area (Å²) in [4.78, 5) is 15.9. The van der Waals surface area contributed by atoms with Crippen LogP contribution in [0.25, 0.3) is 11.3 Å². The lowest BCUT2D eigenvalue weighted by Crippen LogP contribution is -2.02. The van der Waals surface area contributed by atoms with Crippen LogP contribution in [0.15, 0.2) is 30.5 Å². The van der Waals surface area contributed by atoms with E-state index in [0.29, 0.717) is 16.3 Å². The van der Waals surface area contributed by atoms with Gasteiger partial charge in [-0.25, -0.2) is 4.79 Å². The number of carbonyl (C=O) groups excluding carboxylic acids is 1. The molecule has 0 unspecified atom stereocenters. The van der Waals surface area contributed by atoms with Gasteiger partial charge in [-0.2, -0.15) is 0 Å². The Kier molecular flexibility index (Phi) is 4.42. The molecule has 3 nitrogen and oxygen atoms in total. The fraction of sp³-hybridized carbons (Fsp3) is 0.143. The van der Waals surface area contributed by atoms with E-state index in [1.54, 1.807) is 18.3 Å². The molecule has 0 spiro atoms. The largest absolute Gasteiger partial charge is 0.465 e. The Bertz CT molecular complexity index is 643. The lowest BCUT2D eigenvalue weighted by Gasteiger charge is -2.07. The number of esters is 1. The average molecular weight is 388 g/mol. The molecule has 19 heavy (non-hydrogen) atoms. The molecular formula is C14H11ClINO2. The molecule has 0 amide bonds. The molecule has 0 bridgehead atoms. The van der Waals surface area contributed by atoms with E-state index in [4.69, 9.17) is 16.3 Å². The van der Waals surface area contributed by atoms with Gasteiger partial charge in [-0.3, -0.25) is 4.98 Å². The topological polar surface area (TPSA) is 39.2 Å². The van der Waals surface area contributed by atoms with E-state index in [1.807, 2.05) is 19.1 Å². The van der Waals surface area contributed by atoms with E-state index in [0.717, 1.165) is 14.7 Å². The number of hydrogen-bond donors (Lipinski definition) is 0. The number of benzene rings is 1. The maximum Gasteiger partial charge on any atom is 0.337 e. The molecule has 2 aromatic rings. The van der Waals surface area contributed by atoms with Gasteiger partial charge in [0.15, 0.2) is 0 Å². The van der Waals surface area contributed by atoms with Gasteiger partial charge in [0.2, 0.25) is 0 Å². The van der Waals surface area contributed by atoms with E-state index in [-0.39, 0.29) is 5.97 Å². The Balaban J connectivity index is 2.56. The summed E-state index contributed by atoms with van der Waals surface area (Å²) in [6.45, 7) is 1.93. The van der Waals surface area contributed by atoms with Gasteiger partial charge in [0.1, 0.15) is 0 Å². The molecule has 0 saturated carbocycles. The highest BCUT2D eigenvalue weighted by atomic mass is 127. The highest BCUT2D eigenvalue weighted by Crippen LogP contribution is 2.28. The maximum absolute atomic E-state index is 11.6. The summed E-state index contributed by atoms with van der Waals surface area (Å²) < 4.78 is 5.66. The third-order valence-electron chi connectivity index (χ3n) is 2.57. The number of ether oxygens (including phenoxy) is 1. The second kappa shape index (κ2) is 5.88. The zero-order chi connectivity index (χ0) is 14.0. The number of aryl methyl sites for hydroxylation is 1. The number of methoxy groups -OCH3 is 1. The molecule has 0 N–H and O–H groups in total. The Hall–Kier alpha value is -1.14. The molecule has 1 heterocycles. The van der Waals surface area contributed by atoms with Crippen molar-refractivity contribution < 1.29 is 9.53 Å². The summed E-state index contributed by atoms with van der Waals surface area (Å²) in [6, 6.07) is 7.27. The van der Waals surface area contributed by atoms with Gasteiger partial charge in [-0.1, -0.05) is 11.6 Å². The van der Waals surface area contributed by atoms with Crippen molar-refractivity contribution in [3.63, 3.8) is 0 Å². The van der Waals surface area contributed by atoms with Gasteiger partial charge in [0.05, 0.1) is 23.4 Å². The van der Waals surface area contributed by atoms with Crippen LogP contribution in [0.3, 0.4) is 0 Å². The molecule has 1 aromatic carbocycles. The molecule has 98 valence electrons. The fourth-order valence-corrected chi connectivity index (χ4v) is 2.71. The van der Waals surface area contributed by atoms with Gasteiger partial charge in [-0.05, 0) is 59.3 Å². The van der Waals surface area contributed by atoms with E-state index < -0.39 is 0 Å². The first-order chi connectivity index (χ1) is 9.01. The Morgan fingerprint density at radius 3 is 2.68 bits per heavy atom. The van der Waals surface area contributed by atoms with Crippen molar-refractivity contribution in [1.29, 1.82) is 0 Å². The molecular weight excluding hydrogens is 377 g/mol. The van der Waals surface area contributed by atoms with Crippen molar-refractivity contribution in [2.45, 2.75) is 6.92 Å². The predicted molar refractivity (Wildman–Crippen MR) is 83.5 cm³/mol. The second-order valence-corrected chi connectivity index (χ2v) is 5.72. The van der Waals surface area contributed by atoms with Gasteiger partial charge >= 0.3 is 5.97 Å². The first-order valence-corrected chi connectivity index (χ1v) is 6.98. The number of carbonyl (C=O) groups is 1. The number of halogens is 2. The van der Waals surface area contributed by atoms with Gasteiger partial charge in [-0.15, -0.1) is 0 Å². The van der Waals surface area contributed by atoms with Crippen molar-refractivity contribution in [3.8, 4) is 11.3 Å². The van der Waals surface area contributed by atoms with Crippen LogP contribution in [0.1, 0.15) is 15.9 Å². The number of pyridine rings is 1. The summed E-state index contributed by atoms with van der Waals surface area (Å²) in [6.07, 6.45) is 1.75. The van der Waals surface area contributed by atoms with E-state index in [9.17, 15) is 4.79 Å². The Labute approximate surface area is 130 Å². The second-order valence-electron chi connectivity index (χ2n) is 4.06. The zero-order valence-corrected chi connectivity index (χ0v) is 13.3. The predicted octanol–water partition coefficient (Wildman–Crippen LogP) is 4.10. The number of hydrogen-bond acceptors (Lipinski definition) is 3. The van der Waals surface area contributed by atoms with Crippen molar-refractivity contribution in [2.24, 2.45) is 0 Å². The molecule has 5 heteroatoms. The summed E-state index contributed by atoms with van der Waals surface area (Å²) in [5.41, 5.74) is 2.95. The monoisotopic (exact) mass is 387 g/mol. The van der Waals surface area contributed by atoms with Crippen molar-refractivity contribution in [1.82, 2.24) is 4.98 Å². The fourth-order valence-electron chi connectivity index (χ4n) is 1.71. The van der Waals surface area contributed by atoms with E-state index in [1.165, 1.54) is 7.11 Å². The molecule has 0 radical (unpaired) electrons. The third-order valence-corrected chi connectivity index (χ3v) is 3.48. The Morgan fingerprint density at radius 2 is 2.05 bits per heavy atom.